The topological polar surface area (TPSA) is 69.6 Å². The number of aliphatic hydroxyl groups excluding tert-OH is 1. The molecule has 3 atom stereocenters. The Kier molecular flexibility index (Phi) is 3.85. The van der Waals surface area contributed by atoms with Crippen LogP contribution >= 0.6 is 0 Å². The predicted octanol–water partition coefficient (Wildman–Crippen LogP) is 4.01. The second-order valence-corrected chi connectivity index (χ2v) is 6.89. The number of aliphatic hydroxyl groups is 1. The van der Waals surface area contributed by atoms with Crippen LogP contribution in [0.5, 0.6) is 0 Å². The molecule has 0 bridgehead atoms. The van der Waals surface area contributed by atoms with Gasteiger partial charge < -0.3 is 15.5 Å². The van der Waals surface area contributed by atoms with Crippen LogP contribution in [0.25, 0.3) is 0 Å². The molecule has 128 valence electrons. The average Bonchev–Trinajstić information content (AvgIpc) is 3.11. The second kappa shape index (κ2) is 6.05. The fourth-order valence-corrected chi connectivity index (χ4v) is 4.23. The Morgan fingerprint density at radius 1 is 1.20 bits per heavy atom. The number of carbonyl (C=O) groups is 1. The predicted molar refractivity (Wildman–Crippen MR) is 96.9 cm³/mol. The van der Waals surface area contributed by atoms with Crippen molar-refractivity contribution < 1.29 is 15.0 Å². The summed E-state index contributed by atoms with van der Waals surface area (Å²) in [6.45, 7) is 2.12. The Labute approximate surface area is 146 Å². The van der Waals surface area contributed by atoms with Crippen LogP contribution in [0.3, 0.4) is 0 Å². The summed E-state index contributed by atoms with van der Waals surface area (Å²) >= 11 is 0. The molecule has 0 spiro atoms. The van der Waals surface area contributed by atoms with Gasteiger partial charge in [0.2, 0.25) is 0 Å². The third-order valence-corrected chi connectivity index (χ3v) is 5.51. The van der Waals surface area contributed by atoms with Crippen LogP contribution in [-0.2, 0) is 6.61 Å². The van der Waals surface area contributed by atoms with Gasteiger partial charge in [-0.3, -0.25) is 0 Å². The standard InChI is InChI=1S/C21H21NO3/c1-12-5-6-15(11-23)18-16-3-2-4-17(16)20(22-19(12)18)13-7-9-14(10-8-13)21(24)25/h2-3,5-10,16-17,20,22-23H,4,11H2,1H3,(H,24,25)/t16-,17-,20+/m0/s1. The van der Waals surface area contributed by atoms with E-state index < -0.39 is 5.97 Å². The van der Waals surface area contributed by atoms with Crippen LogP contribution in [0.15, 0.2) is 48.6 Å². The smallest absolute Gasteiger partial charge is 0.335 e. The number of anilines is 1. The minimum atomic E-state index is -0.905. The van der Waals surface area contributed by atoms with Crippen molar-refractivity contribution in [1.29, 1.82) is 0 Å². The van der Waals surface area contributed by atoms with E-state index in [-0.39, 0.29) is 18.6 Å². The van der Waals surface area contributed by atoms with E-state index in [1.165, 1.54) is 5.56 Å². The van der Waals surface area contributed by atoms with Crippen LogP contribution in [0, 0.1) is 12.8 Å². The van der Waals surface area contributed by atoms with Crippen molar-refractivity contribution in [1.82, 2.24) is 0 Å². The van der Waals surface area contributed by atoms with E-state index >= 15 is 0 Å². The van der Waals surface area contributed by atoms with Crippen molar-refractivity contribution in [3.8, 4) is 0 Å². The van der Waals surface area contributed by atoms with Gasteiger partial charge in [-0.1, -0.05) is 36.4 Å². The van der Waals surface area contributed by atoms with E-state index in [2.05, 4.69) is 24.4 Å². The van der Waals surface area contributed by atoms with Crippen molar-refractivity contribution in [3.05, 3.63) is 76.4 Å². The number of allylic oxidation sites excluding steroid dienone is 2. The molecule has 1 heterocycles. The third kappa shape index (κ3) is 2.53. The highest BCUT2D eigenvalue weighted by Gasteiger charge is 2.39. The molecule has 0 unspecified atom stereocenters. The molecule has 0 radical (unpaired) electrons. The van der Waals surface area contributed by atoms with Crippen LogP contribution in [0.2, 0.25) is 0 Å². The maximum Gasteiger partial charge on any atom is 0.335 e. The summed E-state index contributed by atoms with van der Waals surface area (Å²) in [6.07, 6.45) is 5.44. The number of nitrogens with one attached hydrogen (secondary N) is 1. The number of carboxylic acids is 1. The lowest BCUT2D eigenvalue weighted by molar-refractivity contribution is 0.0697. The number of rotatable bonds is 3. The summed E-state index contributed by atoms with van der Waals surface area (Å²) < 4.78 is 0. The summed E-state index contributed by atoms with van der Waals surface area (Å²) in [4.78, 5) is 11.1. The highest BCUT2D eigenvalue weighted by atomic mass is 16.4. The van der Waals surface area contributed by atoms with Gasteiger partial charge in [-0.05, 0) is 53.6 Å². The van der Waals surface area contributed by atoms with Crippen molar-refractivity contribution in [3.63, 3.8) is 0 Å². The van der Waals surface area contributed by atoms with E-state index in [0.29, 0.717) is 11.5 Å². The Morgan fingerprint density at radius 3 is 2.64 bits per heavy atom. The zero-order valence-corrected chi connectivity index (χ0v) is 14.1. The Hall–Kier alpha value is -2.59. The minimum absolute atomic E-state index is 0.0410. The maximum atomic E-state index is 11.1. The zero-order chi connectivity index (χ0) is 17.6. The van der Waals surface area contributed by atoms with Crippen molar-refractivity contribution >= 4 is 11.7 Å². The quantitative estimate of drug-likeness (QED) is 0.741. The first-order chi connectivity index (χ1) is 12.1. The fraction of sp³-hybridized carbons (Fsp3) is 0.286. The summed E-state index contributed by atoms with van der Waals surface area (Å²) in [5.41, 5.74) is 5.86. The first-order valence-electron chi connectivity index (χ1n) is 8.60. The lowest BCUT2D eigenvalue weighted by Gasteiger charge is -2.39. The molecule has 4 rings (SSSR count). The molecule has 0 saturated carbocycles. The van der Waals surface area contributed by atoms with E-state index in [0.717, 1.165) is 28.8 Å². The molecule has 0 saturated heterocycles. The first-order valence-corrected chi connectivity index (χ1v) is 8.60. The van der Waals surface area contributed by atoms with E-state index in [9.17, 15) is 9.90 Å². The molecule has 0 fully saturated rings. The van der Waals surface area contributed by atoms with Gasteiger partial charge >= 0.3 is 5.97 Å². The van der Waals surface area contributed by atoms with Gasteiger partial charge in [0, 0.05) is 11.6 Å². The van der Waals surface area contributed by atoms with E-state index in [1.807, 2.05) is 24.3 Å². The fourth-order valence-electron chi connectivity index (χ4n) is 4.23. The van der Waals surface area contributed by atoms with Gasteiger partial charge in [0.15, 0.2) is 0 Å². The molecule has 2 aliphatic rings. The van der Waals surface area contributed by atoms with Crippen molar-refractivity contribution in [2.24, 2.45) is 5.92 Å². The van der Waals surface area contributed by atoms with Gasteiger partial charge in [0.25, 0.3) is 0 Å². The monoisotopic (exact) mass is 335 g/mol. The Bertz CT molecular complexity index is 854. The summed E-state index contributed by atoms with van der Waals surface area (Å²) in [5, 5.41) is 22.6. The van der Waals surface area contributed by atoms with Crippen LogP contribution in [0.4, 0.5) is 5.69 Å². The molecule has 2 aromatic carbocycles. The molecule has 4 heteroatoms. The zero-order valence-electron chi connectivity index (χ0n) is 14.1. The molecular formula is C21H21NO3. The van der Waals surface area contributed by atoms with Crippen LogP contribution in [-0.4, -0.2) is 16.2 Å². The lowest BCUT2D eigenvalue weighted by atomic mass is 9.75. The summed E-state index contributed by atoms with van der Waals surface area (Å²) in [5.74, 6) is -0.255. The molecule has 3 N–H and O–H groups in total. The highest BCUT2D eigenvalue weighted by Crippen LogP contribution is 2.51. The van der Waals surface area contributed by atoms with Crippen molar-refractivity contribution in [2.45, 2.75) is 31.9 Å². The minimum Gasteiger partial charge on any atom is -0.478 e. The number of fused-ring (bicyclic) bond motifs is 3. The first kappa shape index (κ1) is 15.9. The average molecular weight is 335 g/mol. The number of benzene rings is 2. The molecule has 2 aromatic rings. The number of hydrogen-bond acceptors (Lipinski definition) is 3. The van der Waals surface area contributed by atoms with Crippen LogP contribution < -0.4 is 5.32 Å². The van der Waals surface area contributed by atoms with Gasteiger partial charge in [0.05, 0.1) is 18.2 Å². The Morgan fingerprint density at radius 2 is 1.96 bits per heavy atom. The molecule has 4 nitrogen and oxygen atoms in total. The van der Waals surface area contributed by atoms with Gasteiger partial charge in [0.1, 0.15) is 0 Å². The molecule has 1 aliphatic heterocycles. The molecular weight excluding hydrogens is 314 g/mol. The highest BCUT2D eigenvalue weighted by molar-refractivity contribution is 5.87. The Balaban J connectivity index is 1.78. The molecule has 25 heavy (non-hydrogen) atoms. The second-order valence-electron chi connectivity index (χ2n) is 6.89. The SMILES string of the molecule is Cc1ccc(CO)c2c1N[C@H](c1ccc(C(=O)O)cc1)[C@H]1CC=C[C@H]21. The van der Waals surface area contributed by atoms with E-state index in [1.54, 1.807) is 12.1 Å². The summed E-state index contributed by atoms with van der Waals surface area (Å²) in [6, 6.07) is 11.3. The van der Waals surface area contributed by atoms with Crippen LogP contribution in [0.1, 0.15) is 51.0 Å². The number of carboxylic acid groups (broad SMARTS) is 1. The van der Waals surface area contributed by atoms with Crippen molar-refractivity contribution in [2.75, 3.05) is 5.32 Å². The largest absolute Gasteiger partial charge is 0.478 e. The molecule has 0 amide bonds. The third-order valence-electron chi connectivity index (χ3n) is 5.51. The summed E-state index contributed by atoms with van der Waals surface area (Å²) in [7, 11) is 0. The maximum absolute atomic E-state index is 11.1. The van der Waals surface area contributed by atoms with Gasteiger partial charge in [-0.25, -0.2) is 4.79 Å². The normalized spacial score (nSPS) is 23.7. The van der Waals surface area contributed by atoms with E-state index in [4.69, 9.17) is 5.11 Å². The van der Waals surface area contributed by atoms with Gasteiger partial charge in [-0.15, -0.1) is 0 Å². The number of aromatic carboxylic acids is 1. The number of hydrogen-bond donors (Lipinski definition) is 3. The molecule has 0 aromatic heterocycles. The lowest BCUT2D eigenvalue weighted by Crippen LogP contribution is -2.30. The molecule has 1 aliphatic carbocycles. The van der Waals surface area contributed by atoms with Gasteiger partial charge in [-0.2, -0.15) is 0 Å². The number of aryl methyl sites for hydroxylation is 1.